The number of aliphatic hydroxyl groups excluding tert-OH is 1. The van der Waals surface area contributed by atoms with E-state index in [1.54, 1.807) is 0 Å². The van der Waals surface area contributed by atoms with Crippen LogP contribution >= 0.6 is 0 Å². The minimum atomic E-state index is -0.207. The molecule has 0 aromatic heterocycles. The Labute approximate surface area is 79.5 Å². The second-order valence-corrected chi connectivity index (χ2v) is 4.16. The molecule has 2 rings (SSSR count). The van der Waals surface area contributed by atoms with Crippen LogP contribution in [0.3, 0.4) is 0 Å². The third-order valence-electron chi connectivity index (χ3n) is 3.09. The van der Waals surface area contributed by atoms with Crippen LogP contribution in [0.1, 0.15) is 32.1 Å². The average Bonchev–Trinajstić information content (AvgIpc) is 2.72. The van der Waals surface area contributed by atoms with Gasteiger partial charge in [-0.25, -0.2) is 0 Å². The normalized spacial score (nSPS) is 39.9. The Bertz CT molecular complexity index is 157. The Morgan fingerprint density at radius 3 is 2.77 bits per heavy atom. The van der Waals surface area contributed by atoms with E-state index in [-0.39, 0.29) is 12.2 Å². The highest BCUT2D eigenvalue weighted by Gasteiger charge is 2.27. The zero-order chi connectivity index (χ0) is 9.10. The van der Waals surface area contributed by atoms with Crippen molar-refractivity contribution in [1.82, 2.24) is 5.32 Å². The standard InChI is InChI=1S/C10H19NO2/c12-9-4-1-5-10(9)13-7-8-3-2-6-11-8/h8-12H,1-7H2. The fraction of sp³-hybridized carbons (Fsp3) is 1.00. The lowest BCUT2D eigenvalue weighted by Crippen LogP contribution is -2.32. The van der Waals surface area contributed by atoms with Crippen LogP contribution in [0.5, 0.6) is 0 Å². The van der Waals surface area contributed by atoms with Crippen molar-refractivity contribution in [3.05, 3.63) is 0 Å². The average molecular weight is 185 g/mol. The summed E-state index contributed by atoms with van der Waals surface area (Å²) in [6, 6.07) is 0.535. The van der Waals surface area contributed by atoms with Gasteiger partial charge in [0, 0.05) is 6.04 Å². The van der Waals surface area contributed by atoms with Gasteiger partial charge in [-0.05, 0) is 38.6 Å². The predicted molar refractivity (Wildman–Crippen MR) is 50.6 cm³/mol. The van der Waals surface area contributed by atoms with Crippen LogP contribution in [-0.4, -0.2) is 36.5 Å². The molecule has 0 amide bonds. The first-order chi connectivity index (χ1) is 6.36. The molecule has 1 saturated carbocycles. The lowest BCUT2D eigenvalue weighted by atomic mass is 10.2. The van der Waals surface area contributed by atoms with Gasteiger partial charge in [0.1, 0.15) is 0 Å². The molecule has 2 fully saturated rings. The van der Waals surface area contributed by atoms with Crippen molar-refractivity contribution in [3.8, 4) is 0 Å². The number of hydrogen-bond acceptors (Lipinski definition) is 3. The van der Waals surface area contributed by atoms with Gasteiger partial charge in [-0.1, -0.05) is 0 Å². The van der Waals surface area contributed by atoms with E-state index in [0.717, 1.165) is 32.4 Å². The Morgan fingerprint density at radius 1 is 1.23 bits per heavy atom. The third-order valence-corrected chi connectivity index (χ3v) is 3.09. The SMILES string of the molecule is OC1CCCC1OCC1CCCN1. The van der Waals surface area contributed by atoms with Crippen molar-refractivity contribution in [3.63, 3.8) is 0 Å². The number of nitrogens with one attached hydrogen (secondary N) is 1. The van der Waals surface area contributed by atoms with Crippen LogP contribution < -0.4 is 5.32 Å². The third kappa shape index (κ3) is 2.42. The molecule has 2 N–H and O–H groups in total. The molecule has 0 radical (unpaired) electrons. The van der Waals surface area contributed by atoms with Crippen LogP contribution in [0.25, 0.3) is 0 Å². The summed E-state index contributed by atoms with van der Waals surface area (Å²) >= 11 is 0. The molecule has 3 atom stereocenters. The lowest BCUT2D eigenvalue weighted by Gasteiger charge is -2.18. The highest BCUT2D eigenvalue weighted by Crippen LogP contribution is 2.22. The maximum absolute atomic E-state index is 9.52. The van der Waals surface area contributed by atoms with Crippen molar-refractivity contribution in [2.45, 2.75) is 50.4 Å². The molecule has 2 aliphatic rings. The van der Waals surface area contributed by atoms with Crippen molar-refractivity contribution in [2.75, 3.05) is 13.2 Å². The summed E-state index contributed by atoms with van der Waals surface area (Å²) in [5.74, 6) is 0. The van der Waals surface area contributed by atoms with E-state index < -0.39 is 0 Å². The first-order valence-corrected chi connectivity index (χ1v) is 5.39. The van der Waals surface area contributed by atoms with E-state index in [1.807, 2.05) is 0 Å². The van der Waals surface area contributed by atoms with Crippen molar-refractivity contribution >= 4 is 0 Å². The fourth-order valence-corrected chi connectivity index (χ4v) is 2.24. The number of aliphatic hydroxyl groups is 1. The highest BCUT2D eigenvalue weighted by molar-refractivity contribution is 4.79. The monoisotopic (exact) mass is 185 g/mol. The molecule has 3 heteroatoms. The molecular formula is C10H19NO2. The van der Waals surface area contributed by atoms with E-state index in [0.29, 0.717) is 6.04 Å². The summed E-state index contributed by atoms with van der Waals surface area (Å²) in [7, 11) is 0. The van der Waals surface area contributed by atoms with E-state index in [9.17, 15) is 5.11 Å². The number of ether oxygens (including phenoxy) is 1. The van der Waals surface area contributed by atoms with E-state index in [2.05, 4.69) is 5.32 Å². The largest absolute Gasteiger partial charge is 0.390 e. The van der Waals surface area contributed by atoms with Crippen LogP contribution in [0, 0.1) is 0 Å². The predicted octanol–water partition coefficient (Wildman–Crippen LogP) is 0.668. The number of rotatable bonds is 3. The Kier molecular flexibility index (Phi) is 3.19. The summed E-state index contributed by atoms with van der Waals surface area (Å²) in [5, 5.41) is 12.9. The highest BCUT2D eigenvalue weighted by atomic mass is 16.5. The molecule has 1 aliphatic carbocycles. The quantitative estimate of drug-likeness (QED) is 0.679. The van der Waals surface area contributed by atoms with Crippen molar-refractivity contribution < 1.29 is 9.84 Å². The second kappa shape index (κ2) is 4.40. The molecule has 0 spiro atoms. The van der Waals surface area contributed by atoms with Crippen molar-refractivity contribution in [2.24, 2.45) is 0 Å². The molecule has 1 saturated heterocycles. The van der Waals surface area contributed by atoms with Gasteiger partial charge >= 0.3 is 0 Å². The van der Waals surface area contributed by atoms with Gasteiger partial charge < -0.3 is 15.2 Å². The molecule has 1 heterocycles. The van der Waals surface area contributed by atoms with Gasteiger partial charge in [0.25, 0.3) is 0 Å². The zero-order valence-electron chi connectivity index (χ0n) is 8.04. The van der Waals surface area contributed by atoms with Crippen LogP contribution in [0.2, 0.25) is 0 Å². The summed E-state index contributed by atoms with van der Waals surface area (Å²) < 4.78 is 5.69. The lowest BCUT2D eigenvalue weighted by molar-refractivity contribution is -0.0248. The molecule has 0 bridgehead atoms. The van der Waals surface area contributed by atoms with Gasteiger partial charge in [0.05, 0.1) is 18.8 Å². The first-order valence-electron chi connectivity index (χ1n) is 5.39. The Balaban J connectivity index is 1.66. The van der Waals surface area contributed by atoms with E-state index in [1.165, 1.54) is 12.8 Å². The van der Waals surface area contributed by atoms with Gasteiger partial charge in [-0.3, -0.25) is 0 Å². The summed E-state index contributed by atoms with van der Waals surface area (Å²) in [6.07, 6.45) is 5.47. The summed E-state index contributed by atoms with van der Waals surface area (Å²) in [5.41, 5.74) is 0. The van der Waals surface area contributed by atoms with Crippen LogP contribution in [0.15, 0.2) is 0 Å². The Morgan fingerprint density at radius 2 is 2.15 bits per heavy atom. The molecule has 13 heavy (non-hydrogen) atoms. The summed E-state index contributed by atoms with van der Waals surface area (Å²) in [4.78, 5) is 0. The maximum atomic E-state index is 9.52. The Hall–Kier alpha value is -0.120. The number of hydrogen-bond donors (Lipinski definition) is 2. The molecule has 0 aromatic rings. The minimum Gasteiger partial charge on any atom is -0.390 e. The van der Waals surface area contributed by atoms with Gasteiger partial charge in [0.15, 0.2) is 0 Å². The van der Waals surface area contributed by atoms with Gasteiger partial charge in [-0.2, -0.15) is 0 Å². The smallest absolute Gasteiger partial charge is 0.0834 e. The fourth-order valence-electron chi connectivity index (χ4n) is 2.24. The molecule has 76 valence electrons. The van der Waals surface area contributed by atoms with Gasteiger partial charge in [0.2, 0.25) is 0 Å². The minimum absolute atomic E-state index is 0.113. The first kappa shape index (κ1) is 9.44. The van der Waals surface area contributed by atoms with Crippen LogP contribution in [-0.2, 0) is 4.74 Å². The zero-order valence-corrected chi connectivity index (χ0v) is 8.04. The second-order valence-electron chi connectivity index (χ2n) is 4.16. The molecule has 3 unspecified atom stereocenters. The van der Waals surface area contributed by atoms with E-state index in [4.69, 9.17) is 4.74 Å². The molecular weight excluding hydrogens is 166 g/mol. The van der Waals surface area contributed by atoms with Crippen LogP contribution in [0.4, 0.5) is 0 Å². The maximum Gasteiger partial charge on any atom is 0.0834 e. The molecule has 3 nitrogen and oxygen atoms in total. The topological polar surface area (TPSA) is 41.5 Å². The van der Waals surface area contributed by atoms with Crippen molar-refractivity contribution in [1.29, 1.82) is 0 Å². The van der Waals surface area contributed by atoms with E-state index >= 15 is 0 Å². The molecule has 1 aliphatic heterocycles. The molecule has 0 aromatic carbocycles. The summed E-state index contributed by atoms with van der Waals surface area (Å²) in [6.45, 7) is 1.91. The van der Waals surface area contributed by atoms with Gasteiger partial charge in [-0.15, -0.1) is 0 Å².